The fraction of sp³-hybridized carbons (Fsp3) is 0.786. The van der Waals surface area contributed by atoms with Crippen molar-refractivity contribution in [2.45, 2.75) is 50.6 Å². The van der Waals surface area contributed by atoms with Crippen molar-refractivity contribution in [3.63, 3.8) is 0 Å². The molecule has 1 aliphatic carbocycles. The summed E-state index contributed by atoms with van der Waals surface area (Å²) in [5, 5.41) is 5.47. The number of nitrogens with zero attached hydrogens (tertiary/aromatic N) is 1. The highest BCUT2D eigenvalue weighted by Gasteiger charge is 2.48. The number of hydrogen-bond acceptors (Lipinski definition) is 4. The van der Waals surface area contributed by atoms with Gasteiger partial charge in [-0.1, -0.05) is 19.3 Å². The quantitative estimate of drug-likeness (QED) is 0.719. The topological polar surface area (TPSA) is 87.7 Å². The van der Waals surface area contributed by atoms with E-state index in [4.69, 9.17) is 4.74 Å². The van der Waals surface area contributed by atoms with E-state index in [9.17, 15) is 14.4 Å². The first kappa shape index (κ1) is 15.8. The van der Waals surface area contributed by atoms with Gasteiger partial charge in [0.1, 0.15) is 12.1 Å². The molecule has 0 bridgehead atoms. The maximum atomic E-state index is 12.2. The summed E-state index contributed by atoms with van der Waals surface area (Å²) in [7, 11) is 1.46. The molecule has 7 heteroatoms. The van der Waals surface area contributed by atoms with E-state index in [1.165, 1.54) is 13.5 Å². The van der Waals surface area contributed by atoms with Crippen LogP contribution >= 0.6 is 0 Å². The number of hydrogen-bond donors (Lipinski definition) is 2. The molecule has 2 aliphatic rings. The Morgan fingerprint density at radius 3 is 2.67 bits per heavy atom. The third-order valence-corrected chi connectivity index (χ3v) is 4.05. The summed E-state index contributed by atoms with van der Waals surface area (Å²) in [5.74, 6) is -0.708. The van der Waals surface area contributed by atoms with Gasteiger partial charge < -0.3 is 15.4 Å². The fourth-order valence-corrected chi connectivity index (χ4v) is 2.94. The molecule has 1 atom stereocenters. The van der Waals surface area contributed by atoms with Crippen LogP contribution in [0.3, 0.4) is 0 Å². The first-order valence-electron chi connectivity index (χ1n) is 7.39. The van der Waals surface area contributed by atoms with Crippen molar-refractivity contribution < 1.29 is 19.1 Å². The number of imide groups is 1. The number of methoxy groups -OCH3 is 1. The molecule has 1 saturated heterocycles. The minimum Gasteiger partial charge on any atom is -0.382 e. The Morgan fingerprint density at radius 2 is 2.05 bits per heavy atom. The molecule has 0 aromatic heterocycles. The van der Waals surface area contributed by atoms with Gasteiger partial charge in [-0.05, 0) is 19.8 Å². The SMILES string of the molecule is COC[C@@]1(C)NC(=O)N(CC(=O)NC2CCCCC2)C1=O. The molecule has 0 aromatic rings. The molecule has 7 nitrogen and oxygen atoms in total. The van der Waals surface area contributed by atoms with Gasteiger partial charge in [-0.25, -0.2) is 4.79 Å². The minimum atomic E-state index is -1.09. The van der Waals surface area contributed by atoms with Crippen molar-refractivity contribution in [1.82, 2.24) is 15.5 Å². The van der Waals surface area contributed by atoms with E-state index in [1.54, 1.807) is 6.92 Å². The Balaban J connectivity index is 1.91. The Morgan fingerprint density at radius 1 is 1.38 bits per heavy atom. The minimum absolute atomic E-state index is 0.0817. The lowest BCUT2D eigenvalue weighted by Gasteiger charge is -2.24. The van der Waals surface area contributed by atoms with Crippen LogP contribution in [-0.4, -0.2) is 54.6 Å². The molecule has 2 fully saturated rings. The maximum absolute atomic E-state index is 12.2. The fourth-order valence-electron chi connectivity index (χ4n) is 2.94. The molecule has 2 N–H and O–H groups in total. The Labute approximate surface area is 124 Å². The van der Waals surface area contributed by atoms with Gasteiger partial charge >= 0.3 is 6.03 Å². The summed E-state index contributed by atoms with van der Waals surface area (Å²) in [4.78, 5) is 37.1. The molecule has 1 saturated carbocycles. The first-order chi connectivity index (χ1) is 9.96. The van der Waals surface area contributed by atoms with Gasteiger partial charge in [0.2, 0.25) is 5.91 Å². The number of nitrogens with one attached hydrogen (secondary N) is 2. The van der Waals surface area contributed by atoms with Gasteiger partial charge in [-0.2, -0.15) is 0 Å². The second-order valence-electron chi connectivity index (χ2n) is 5.99. The van der Waals surface area contributed by atoms with Crippen LogP contribution in [0.4, 0.5) is 4.79 Å². The van der Waals surface area contributed by atoms with E-state index in [0.29, 0.717) is 0 Å². The normalized spacial score (nSPS) is 26.9. The zero-order valence-corrected chi connectivity index (χ0v) is 12.6. The third kappa shape index (κ3) is 3.53. The second kappa shape index (κ2) is 6.43. The molecular weight excluding hydrogens is 274 g/mol. The maximum Gasteiger partial charge on any atom is 0.325 e. The molecular formula is C14H23N3O4. The Hall–Kier alpha value is -1.63. The average molecular weight is 297 g/mol. The number of amides is 4. The number of carbonyl (C=O) groups excluding carboxylic acids is 3. The highest BCUT2D eigenvalue weighted by atomic mass is 16.5. The van der Waals surface area contributed by atoms with Crippen molar-refractivity contribution in [3.8, 4) is 0 Å². The molecule has 1 heterocycles. The van der Waals surface area contributed by atoms with Crippen LogP contribution in [0, 0.1) is 0 Å². The van der Waals surface area contributed by atoms with Gasteiger partial charge in [0.15, 0.2) is 0 Å². The van der Waals surface area contributed by atoms with Gasteiger partial charge in [-0.15, -0.1) is 0 Å². The van der Waals surface area contributed by atoms with E-state index < -0.39 is 17.5 Å². The van der Waals surface area contributed by atoms with Crippen LogP contribution in [0.2, 0.25) is 0 Å². The van der Waals surface area contributed by atoms with Crippen LogP contribution in [0.5, 0.6) is 0 Å². The van der Waals surface area contributed by atoms with E-state index >= 15 is 0 Å². The largest absolute Gasteiger partial charge is 0.382 e. The van der Waals surface area contributed by atoms with E-state index in [2.05, 4.69) is 10.6 Å². The lowest BCUT2D eigenvalue weighted by Crippen LogP contribution is -2.49. The van der Waals surface area contributed by atoms with Crippen molar-refractivity contribution in [3.05, 3.63) is 0 Å². The van der Waals surface area contributed by atoms with Crippen LogP contribution in [0.15, 0.2) is 0 Å². The van der Waals surface area contributed by atoms with Crippen molar-refractivity contribution in [2.24, 2.45) is 0 Å². The predicted molar refractivity (Wildman–Crippen MR) is 75.5 cm³/mol. The Kier molecular flexibility index (Phi) is 4.82. The molecule has 0 unspecified atom stereocenters. The molecule has 2 rings (SSSR count). The van der Waals surface area contributed by atoms with Crippen LogP contribution < -0.4 is 10.6 Å². The molecule has 1 aliphatic heterocycles. The molecule has 0 spiro atoms. The van der Waals surface area contributed by atoms with Crippen molar-refractivity contribution in [1.29, 1.82) is 0 Å². The summed E-state index contributed by atoms with van der Waals surface area (Å²) in [6.07, 6.45) is 5.36. The molecule has 0 aromatic carbocycles. The highest BCUT2D eigenvalue weighted by Crippen LogP contribution is 2.19. The van der Waals surface area contributed by atoms with E-state index in [0.717, 1.165) is 30.6 Å². The third-order valence-electron chi connectivity index (χ3n) is 4.05. The number of carbonyl (C=O) groups is 3. The number of urea groups is 1. The second-order valence-corrected chi connectivity index (χ2v) is 5.99. The zero-order valence-electron chi connectivity index (χ0n) is 12.6. The summed E-state index contributed by atoms with van der Waals surface area (Å²) in [5.41, 5.74) is -1.09. The first-order valence-corrected chi connectivity index (χ1v) is 7.39. The summed E-state index contributed by atoms with van der Waals surface area (Å²) in [6.45, 7) is 1.44. The molecule has 118 valence electrons. The predicted octanol–water partition coefficient (Wildman–Crippen LogP) is 0.392. The van der Waals surface area contributed by atoms with E-state index in [-0.39, 0.29) is 25.1 Å². The Bertz CT molecular complexity index is 434. The van der Waals surface area contributed by atoms with Crippen molar-refractivity contribution in [2.75, 3.05) is 20.3 Å². The van der Waals surface area contributed by atoms with Gasteiger partial charge in [-0.3, -0.25) is 14.5 Å². The van der Waals surface area contributed by atoms with Gasteiger partial charge in [0.05, 0.1) is 6.61 Å². The summed E-state index contributed by atoms with van der Waals surface area (Å²) >= 11 is 0. The molecule has 21 heavy (non-hydrogen) atoms. The van der Waals surface area contributed by atoms with Crippen LogP contribution in [0.25, 0.3) is 0 Å². The van der Waals surface area contributed by atoms with Crippen molar-refractivity contribution >= 4 is 17.8 Å². The lowest BCUT2D eigenvalue weighted by molar-refractivity contribution is -0.136. The monoisotopic (exact) mass is 297 g/mol. The number of ether oxygens (including phenoxy) is 1. The highest BCUT2D eigenvalue weighted by molar-refractivity contribution is 6.08. The van der Waals surface area contributed by atoms with Crippen LogP contribution in [0.1, 0.15) is 39.0 Å². The molecule has 0 radical (unpaired) electrons. The van der Waals surface area contributed by atoms with Crippen LogP contribution in [-0.2, 0) is 14.3 Å². The number of rotatable bonds is 5. The standard InChI is InChI=1S/C14H23N3O4/c1-14(9-21-2)12(19)17(13(20)16-14)8-11(18)15-10-6-4-3-5-7-10/h10H,3-9H2,1-2H3,(H,15,18)(H,16,20)/t14-/m1/s1. The van der Waals surface area contributed by atoms with Gasteiger partial charge in [0.25, 0.3) is 5.91 Å². The zero-order chi connectivity index (χ0) is 15.5. The van der Waals surface area contributed by atoms with Gasteiger partial charge in [0, 0.05) is 13.2 Å². The summed E-state index contributed by atoms with van der Waals surface area (Å²) < 4.78 is 4.96. The lowest BCUT2D eigenvalue weighted by atomic mass is 9.95. The summed E-state index contributed by atoms with van der Waals surface area (Å²) in [6, 6.07) is -0.379. The van der Waals surface area contributed by atoms with E-state index in [1.807, 2.05) is 0 Å². The smallest absolute Gasteiger partial charge is 0.325 e. The molecule has 4 amide bonds. The average Bonchev–Trinajstić information content (AvgIpc) is 2.64.